The van der Waals surface area contributed by atoms with Gasteiger partial charge in [0.15, 0.2) is 0 Å². The third-order valence-electron chi connectivity index (χ3n) is 5.16. The van der Waals surface area contributed by atoms with Crippen molar-refractivity contribution < 1.29 is 4.74 Å². The van der Waals surface area contributed by atoms with E-state index in [1.165, 1.54) is 38.5 Å². The minimum atomic E-state index is 0.471. The molecular formula is C15H30N2O. The van der Waals surface area contributed by atoms with E-state index in [-0.39, 0.29) is 0 Å². The Balaban J connectivity index is 1.85. The predicted octanol–water partition coefficient (Wildman–Crippen LogP) is 2.71. The van der Waals surface area contributed by atoms with E-state index < -0.39 is 0 Å². The van der Waals surface area contributed by atoms with E-state index in [1.54, 1.807) is 0 Å². The zero-order valence-electron chi connectivity index (χ0n) is 12.0. The van der Waals surface area contributed by atoms with Gasteiger partial charge >= 0.3 is 0 Å². The van der Waals surface area contributed by atoms with Crippen molar-refractivity contribution in [1.29, 1.82) is 0 Å². The molecule has 3 heteroatoms. The van der Waals surface area contributed by atoms with Crippen molar-refractivity contribution in [3.63, 3.8) is 0 Å². The van der Waals surface area contributed by atoms with E-state index in [0.29, 0.717) is 12.0 Å². The molecule has 106 valence electrons. The highest BCUT2D eigenvalue weighted by atomic mass is 16.5. The van der Waals surface area contributed by atoms with Gasteiger partial charge in [-0.3, -0.25) is 11.3 Å². The topological polar surface area (TPSA) is 47.3 Å². The number of hydrogen-bond donors (Lipinski definition) is 2. The first-order chi connectivity index (χ1) is 8.72. The van der Waals surface area contributed by atoms with Gasteiger partial charge in [-0.1, -0.05) is 13.8 Å². The zero-order valence-corrected chi connectivity index (χ0v) is 12.0. The number of nitrogens with one attached hydrogen (secondary N) is 1. The Morgan fingerprint density at radius 1 is 1.00 bits per heavy atom. The molecule has 0 radical (unpaired) electrons. The molecule has 0 aromatic rings. The first-order valence-corrected chi connectivity index (χ1v) is 7.76. The molecule has 0 amide bonds. The van der Waals surface area contributed by atoms with E-state index in [1.807, 2.05) is 0 Å². The van der Waals surface area contributed by atoms with Crippen molar-refractivity contribution in [2.45, 2.75) is 58.4 Å². The summed E-state index contributed by atoms with van der Waals surface area (Å²) in [7, 11) is 0. The van der Waals surface area contributed by atoms with Crippen LogP contribution in [0.5, 0.6) is 0 Å². The molecule has 2 atom stereocenters. The normalized spacial score (nSPS) is 35.7. The summed E-state index contributed by atoms with van der Waals surface area (Å²) >= 11 is 0. The minimum absolute atomic E-state index is 0.471. The Labute approximate surface area is 112 Å². The van der Waals surface area contributed by atoms with Crippen LogP contribution in [0, 0.1) is 23.7 Å². The fourth-order valence-electron chi connectivity index (χ4n) is 3.88. The molecular weight excluding hydrogens is 224 g/mol. The number of nitrogens with two attached hydrogens (primary N) is 1. The maximum atomic E-state index is 5.82. The van der Waals surface area contributed by atoms with Gasteiger partial charge < -0.3 is 4.74 Å². The molecule has 2 unspecified atom stereocenters. The summed E-state index contributed by atoms with van der Waals surface area (Å²) in [5.41, 5.74) is 3.11. The second-order valence-electron chi connectivity index (χ2n) is 6.59. The molecule has 3 N–H and O–H groups in total. The fraction of sp³-hybridized carbons (Fsp3) is 1.00. The number of ether oxygens (including phenoxy) is 1. The highest BCUT2D eigenvalue weighted by Crippen LogP contribution is 2.37. The van der Waals surface area contributed by atoms with Crippen LogP contribution in [0.4, 0.5) is 0 Å². The van der Waals surface area contributed by atoms with Crippen molar-refractivity contribution in [2.24, 2.45) is 29.5 Å². The number of rotatable bonds is 4. The maximum Gasteiger partial charge on any atom is 0.0509 e. The van der Waals surface area contributed by atoms with Crippen LogP contribution in [0.15, 0.2) is 0 Å². The quantitative estimate of drug-likeness (QED) is 0.599. The second-order valence-corrected chi connectivity index (χ2v) is 6.59. The van der Waals surface area contributed by atoms with Crippen LogP contribution in [-0.2, 0) is 4.74 Å². The molecule has 0 aromatic carbocycles. The molecule has 3 nitrogen and oxygen atoms in total. The summed E-state index contributed by atoms with van der Waals surface area (Å²) in [4.78, 5) is 0. The van der Waals surface area contributed by atoms with E-state index in [2.05, 4.69) is 19.3 Å². The molecule has 1 saturated carbocycles. The van der Waals surface area contributed by atoms with Gasteiger partial charge in [-0.15, -0.1) is 0 Å². The molecule has 2 aliphatic rings. The number of hydrogen-bond acceptors (Lipinski definition) is 3. The van der Waals surface area contributed by atoms with Gasteiger partial charge in [-0.25, -0.2) is 0 Å². The molecule has 1 heterocycles. The summed E-state index contributed by atoms with van der Waals surface area (Å²) in [5, 5.41) is 0. The third-order valence-corrected chi connectivity index (χ3v) is 5.16. The van der Waals surface area contributed by atoms with Crippen LogP contribution in [0.1, 0.15) is 52.4 Å². The Hall–Kier alpha value is -0.120. The van der Waals surface area contributed by atoms with Crippen LogP contribution in [0.2, 0.25) is 0 Å². The van der Waals surface area contributed by atoms with Gasteiger partial charge in [0.05, 0.1) is 6.61 Å². The maximum absolute atomic E-state index is 5.82. The summed E-state index contributed by atoms with van der Waals surface area (Å²) in [6.45, 7) is 6.56. The largest absolute Gasteiger partial charge is 0.381 e. The van der Waals surface area contributed by atoms with Crippen LogP contribution >= 0.6 is 0 Å². The first kappa shape index (κ1) is 14.3. The molecule has 1 saturated heterocycles. The van der Waals surface area contributed by atoms with Gasteiger partial charge in [0.1, 0.15) is 0 Å². The van der Waals surface area contributed by atoms with Gasteiger partial charge in [-0.05, 0) is 62.2 Å². The van der Waals surface area contributed by atoms with Crippen molar-refractivity contribution in [1.82, 2.24) is 5.43 Å². The number of hydrazine groups is 1. The lowest BCUT2D eigenvalue weighted by atomic mass is 9.71. The van der Waals surface area contributed by atoms with Crippen LogP contribution < -0.4 is 11.3 Å². The SMILES string of the molecule is CC(C)C1CCC(C(NN)C2CCCOC2)CC1. The van der Waals surface area contributed by atoms with Crippen molar-refractivity contribution >= 4 is 0 Å². The molecule has 2 fully saturated rings. The summed E-state index contributed by atoms with van der Waals surface area (Å²) in [5.74, 6) is 8.99. The lowest BCUT2D eigenvalue weighted by Gasteiger charge is -2.39. The van der Waals surface area contributed by atoms with Crippen molar-refractivity contribution in [3.05, 3.63) is 0 Å². The fourth-order valence-corrected chi connectivity index (χ4v) is 3.88. The molecule has 0 spiro atoms. The van der Waals surface area contributed by atoms with Gasteiger partial charge in [0.2, 0.25) is 0 Å². The van der Waals surface area contributed by atoms with E-state index in [0.717, 1.165) is 31.0 Å². The Morgan fingerprint density at radius 2 is 1.67 bits per heavy atom. The summed E-state index contributed by atoms with van der Waals surface area (Å²) in [6, 6.07) is 0.471. The standard InChI is InChI=1S/C15H30N2O/c1-11(2)12-5-7-13(8-6-12)15(17-16)14-4-3-9-18-10-14/h11-15,17H,3-10,16H2,1-2H3. The average molecular weight is 254 g/mol. The average Bonchev–Trinajstić information content (AvgIpc) is 2.41. The Morgan fingerprint density at radius 3 is 2.17 bits per heavy atom. The van der Waals surface area contributed by atoms with Crippen molar-refractivity contribution in [2.75, 3.05) is 13.2 Å². The predicted molar refractivity (Wildman–Crippen MR) is 74.9 cm³/mol. The zero-order chi connectivity index (χ0) is 13.0. The van der Waals surface area contributed by atoms with E-state index in [9.17, 15) is 0 Å². The van der Waals surface area contributed by atoms with Crippen LogP contribution in [-0.4, -0.2) is 19.3 Å². The Bertz CT molecular complexity index is 231. The first-order valence-electron chi connectivity index (χ1n) is 7.76. The Kier molecular flexibility index (Phi) is 5.46. The van der Waals surface area contributed by atoms with E-state index >= 15 is 0 Å². The minimum Gasteiger partial charge on any atom is -0.381 e. The summed E-state index contributed by atoms with van der Waals surface area (Å²) in [6.07, 6.45) is 7.92. The summed E-state index contributed by atoms with van der Waals surface area (Å²) < 4.78 is 5.62. The smallest absolute Gasteiger partial charge is 0.0509 e. The highest BCUT2D eigenvalue weighted by molar-refractivity contribution is 4.87. The molecule has 1 aliphatic heterocycles. The van der Waals surface area contributed by atoms with Crippen LogP contribution in [0.25, 0.3) is 0 Å². The second kappa shape index (κ2) is 6.88. The van der Waals surface area contributed by atoms with Gasteiger partial charge in [0, 0.05) is 12.6 Å². The molecule has 0 aromatic heterocycles. The molecule has 2 rings (SSSR count). The van der Waals surface area contributed by atoms with Crippen LogP contribution in [0.3, 0.4) is 0 Å². The molecule has 0 bridgehead atoms. The molecule has 1 aliphatic carbocycles. The van der Waals surface area contributed by atoms with Crippen molar-refractivity contribution in [3.8, 4) is 0 Å². The van der Waals surface area contributed by atoms with E-state index in [4.69, 9.17) is 10.6 Å². The highest BCUT2D eigenvalue weighted by Gasteiger charge is 2.33. The lowest BCUT2D eigenvalue weighted by molar-refractivity contribution is 0.0213. The third kappa shape index (κ3) is 3.46. The molecule has 18 heavy (non-hydrogen) atoms. The lowest BCUT2D eigenvalue weighted by Crippen LogP contribution is -2.49. The monoisotopic (exact) mass is 254 g/mol. The van der Waals surface area contributed by atoms with Gasteiger partial charge in [-0.2, -0.15) is 0 Å². The van der Waals surface area contributed by atoms with Gasteiger partial charge in [0.25, 0.3) is 0 Å².